The third kappa shape index (κ3) is 9.65. The monoisotopic (exact) mass is 481 g/mol. The van der Waals surface area contributed by atoms with Crippen LogP contribution in [0.4, 0.5) is 5.69 Å². The summed E-state index contributed by atoms with van der Waals surface area (Å²) in [6, 6.07) is 14.2. The maximum atomic E-state index is 12.8. The summed E-state index contributed by atoms with van der Waals surface area (Å²) in [7, 11) is 0. The van der Waals surface area contributed by atoms with Gasteiger partial charge in [0.05, 0.1) is 25.0 Å². The lowest BCUT2D eigenvalue weighted by atomic mass is 10.1. The molecule has 0 saturated heterocycles. The fraction of sp³-hybridized carbons (Fsp3) is 0.393. The molecule has 35 heavy (non-hydrogen) atoms. The van der Waals surface area contributed by atoms with E-state index in [0.717, 1.165) is 25.3 Å². The number of benzene rings is 2. The van der Waals surface area contributed by atoms with Crippen molar-refractivity contribution in [2.45, 2.75) is 59.3 Å². The Morgan fingerprint density at radius 1 is 0.829 bits per heavy atom. The Labute approximate surface area is 207 Å². The second-order valence-corrected chi connectivity index (χ2v) is 8.02. The molecule has 0 saturated carbocycles. The Kier molecular flexibility index (Phi) is 12.1. The molecule has 0 fully saturated rings. The van der Waals surface area contributed by atoms with Gasteiger partial charge in [-0.25, -0.2) is 9.59 Å². The molecule has 2 rings (SSSR count). The average Bonchev–Trinajstić information content (AvgIpc) is 2.87. The van der Waals surface area contributed by atoms with Crippen molar-refractivity contribution in [3.63, 3.8) is 0 Å². The van der Waals surface area contributed by atoms with Crippen LogP contribution in [-0.4, -0.2) is 31.1 Å². The number of nitrogens with one attached hydrogen (secondary N) is 1. The molecule has 0 aliphatic rings. The number of carbonyl (C=O) groups is 3. The first kappa shape index (κ1) is 27.6. The molecular weight excluding hydrogens is 446 g/mol. The Morgan fingerprint density at radius 2 is 1.51 bits per heavy atom. The number of ether oxygens (including phenoxy) is 3. The van der Waals surface area contributed by atoms with Gasteiger partial charge in [0.1, 0.15) is 0 Å². The maximum absolute atomic E-state index is 12.8. The lowest BCUT2D eigenvalue weighted by Gasteiger charge is -2.14. The van der Waals surface area contributed by atoms with Crippen molar-refractivity contribution in [2.75, 3.05) is 18.5 Å². The molecule has 188 valence electrons. The van der Waals surface area contributed by atoms with E-state index in [1.54, 1.807) is 36.4 Å². The van der Waals surface area contributed by atoms with E-state index < -0.39 is 11.9 Å². The number of para-hydroxylation sites is 2. The Balaban J connectivity index is 2.17. The lowest BCUT2D eigenvalue weighted by Crippen LogP contribution is -2.18. The van der Waals surface area contributed by atoms with Gasteiger partial charge in [0.15, 0.2) is 5.75 Å². The van der Waals surface area contributed by atoms with Crippen molar-refractivity contribution >= 4 is 23.5 Å². The summed E-state index contributed by atoms with van der Waals surface area (Å²) in [6.45, 7) is 6.28. The van der Waals surface area contributed by atoms with E-state index in [1.165, 1.54) is 12.0 Å². The molecule has 0 heterocycles. The van der Waals surface area contributed by atoms with E-state index in [9.17, 15) is 14.4 Å². The van der Waals surface area contributed by atoms with Crippen LogP contribution in [0.15, 0.2) is 60.4 Å². The van der Waals surface area contributed by atoms with Crippen molar-refractivity contribution in [2.24, 2.45) is 0 Å². The van der Waals surface area contributed by atoms with Gasteiger partial charge >= 0.3 is 11.9 Å². The van der Waals surface area contributed by atoms with E-state index in [1.807, 2.05) is 26.0 Å². The van der Waals surface area contributed by atoms with Gasteiger partial charge in [0.2, 0.25) is 5.76 Å². The number of rotatable bonds is 14. The number of aryl methyl sites for hydroxylation is 1. The second-order valence-electron chi connectivity index (χ2n) is 8.02. The first-order valence-electron chi connectivity index (χ1n) is 12.2. The van der Waals surface area contributed by atoms with Crippen LogP contribution in [0.5, 0.6) is 5.75 Å². The first-order chi connectivity index (χ1) is 17.0. The van der Waals surface area contributed by atoms with Gasteiger partial charge in [-0.1, -0.05) is 57.9 Å². The standard InChI is InChI=1S/C28H35NO6/c1-4-7-8-11-21-14-16-22(17-15-21)27(31)29-23-12-9-10-13-24(23)35-25(28(32)34-19-6-3)20-26(30)33-18-5-2/h9-10,12-17,20H,4-8,11,18-19H2,1-3H3,(H,29,31)/b25-20-. The zero-order chi connectivity index (χ0) is 25.5. The van der Waals surface area contributed by atoms with Crippen LogP contribution >= 0.6 is 0 Å². The van der Waals surface area contributed by atoms with E-state index >= 15 is 0 Å². The highest BCUT2D eigenvalue weighted by Gasteiger charge is 2.19. The van der Waals surface area contributed by atoms with Crippen LogP contribution in [0.3, 0.4) is 0 Å². The molecule has 0 aliphatic heterocycles. The van der Waals surface area contributed by atoms with Crippen molar-refractivity contribution in [1.82, 2.24) is 0 Å². The zero-order valence-corrected chi connectivity index (χ0v) is 20.8. The van der Waals surface area contributed by atoms with Crippen molar-refractivity contribution in [3.8, 4) is 5.75 Å². The minimum Gasteiger partial charge on any atom is -0.462 e. The van der Waals surface area contributed by atoms with Crippen molar-refractivity contribution in [3.05, 3.63) is 71.5 Å². The molecule has 2 aromatic carbocycles. The molecule has 0 atom stereocenters. The molecule has 7 nitrogen and oxygen atoms in total. The fourth-order valence-corrected chi connectivity index (χ4v) is 3.12. The lowest BCUT2D eigenvalue weighted by molar-refractivity contribution is -0.143. The molecule has 7 heteroatoms. The van der Waals surface area contributed by atoms with Gasteiger partial charge in [-0.15, -0.1) is 0 Å². The van der Waals surface area contributed by atoms with Gasteiger partial charge < -0.3 is 19.5 Å². The number of unbranched alkanes of at least 4 members (excludes halogenated alkanes) is 2. The number of carbonyl (C=O) groups excluding carboxylic acids is 3. The Bertz CT molecular complexity index is 997. The second kappa shape index (κ2) is 15.3. The summed E-state index contributed by atoms with van der Waals surface area (Å²) in [6.07, 6.45) is 6.66. The molecule has 0 unspecified atom stereocenters. The van der Waals surface area contributed by atoms with Crippen LogP contribution in [0, 0.1) is 0 Å². The van der Waals surface area contributed by atoms with Crippen molar-refractivity contribution in [1.29, 1.82) is 0 Å². The third-order valence-corrected chi connectivity index (χ3v) is 4.98. The normalized spacial score (nSPS) is 11.0. The average molecular weight is 482 g/mol. The smallest absolute Gasteiger partial charge is 0.374 e. The quantitative estimate of drug-likeness (QED) is 0.158. The molecule has 0 aliphatic carbocycles. The number of hydrogen-bond donors (Lipinski definition) is 1. The number of anilines is 1. The Hall–Kier alpha value is -3.61. The topological polar surface area (TPSA) is 90.9 Å². The predicted octanol–water partition coefficient (Wildman–Crippen LogP) is 5.84. The van der Waals surface area contributed by atoms with Crippen LogP contribution in [-0.2, 0) is 25.5 Å². The molecule has 0 aromatic heterocycles. The largest absolute Gasteiger partial charge is 0.462 e. The third-order valence-electron chi connectivity index (χ3n) is 4.98. The van der Waals surface area contributed by atoms with Gasteiger partial charge in [-0.3, -0.25) is 4.79 Å². The summed E-state index contributed by atoms with van der Waals surface area (Å²) in [5.74, 6) is -1.95. The maximum Gasteiger partial charge on any atom is 0.374 e. The summed E-state index contributed by atoms with van der Waals surface area (Å²) >= 11 is 0. The summed E-state index contributed by atoms with van der Waals surface area (Å²) < 4.78 is 15.9. The van der Waals surface area contributed by atoms with Gasteiger partial charge in [-0.05, 0) is 55.5 Å². The van der Waals surface area contributed by atoms with Crippen LogP contribution in [0.25, 0.3) is 0 Å². The molecule has 0 spiro atoms. The Morgan fingerprint density at radius 3 is 2.20 bits per heavy atom. The van der Waals surface area contributed by atoms with Gasteiger partial charge in [-0.2, -0.15) is 0 Å². The zero-order valence-electron chi connectivity index (χ0n) is 20.8. The van der Waals surface area contributed by atoms with E-state index in [0.29, 0.717) is 24.1 Å². The highest BCUT2D eigenvalue weighted by atomic mass is 16.6. The molecule has 0 bridgehead atoms. The minimum absolute atomic E-state index is 0.177. The molecule has 1 amide bonds. The minimum atomic E-state index is -0.792. The number of esters is 2. The van der Waals surface area contributed by atoms with Gasteiger partial charge in [0, 0.05) is 5.56 Å². The van der Waals surface area contributed by atoms with Crippen molar-refractivity contribution < 1.29 is 28.6 Å². The summed E-state index contributed by atoms with van der Waals surface area (Å²) in [5.41, 5.74) is 2.04. The van der Waals surface area contributed by atoms with E-state index in [-0.39, 0.29) is 30.6 Å². The number of amides is 1. The summed E-state index contributed by atoms with van der Waals surface area (Å²) in [4.78, 5) is 37.4. The highest BCUT2D eigenvalue weighted by molar-refractivity contribution is 6.05. The van der Waals surface area contributed by atoms with Crippen LogP contribution < -0.4 is 10.1 Å². The molecule has 2 aromatic rings. The first-order valence-corrected chi connectivity index (χ1v) is 12.2. The molecular formula is C28H35NO6. The van der Waals surface area contributed by atoms with E-state index in [2.05, 4.69) is 12.2 Å². The van der Waals surface area contributed by atoms with Crippen LogP contribution in [0.2, 0.25) is 0 Å². The highest BCUT2D eigenvalue weighted by Crippen LogP contribution is 2.27. The molecule has 0 radical (unpaired) electrons. The SMILES string of the molecule is CCCCCc1ccc(C(=O)Nc2ccccc2O/C(=C\C(=O)OCCC)C(=O)OCCC)cc1. The molecule has 1 N–H and O–H groups in total. The predicted molar refractivity (Wildman–Crippen MR) is 135 cm³/mol. The number of hydrogen-bond acceptors (Lipinski definition) is 6. The van der Waals surface area contributed by atoms with E-state index in [4.69, 9.17) is 14.2 Å². The van der Waals surface area contributed by atoms with Gasteiger partial charge in [0.25, 0.3) is 5.91 Å². The summed E-state index contributed by atoms with van der Waals surface area (Å²) in [5, 5.41) is 2.81. The fourth-order valence-electron chi connectivity index (χ4n) is 3.12. The van der Waals surface area contributed by atoms with Crippen LogP contribution in [0.1, 0.15) is 68.8 Å².